The minimum atomic E-state index is -0.436. The number of anilines is 1. The van der Waals surface area contributed by atoms with Gasteiger partial charge in [-0.15, -0.1) is 0 Å². The summed E-state index contributed by atoms with van der Waals surface area (Å²) < 4.78 is 0. The Hall–Kier alpha value is -1.71. The predicted molar refractivity (Wildman–Crippen MR) is 62.3 cm³/mol. The molecule has 0 bridgehead atoms. The molecule has 4 nitrogen and oxygen atoms in total. The van der Waals surface area contributed by atoms with Gasteiger partial charge in [0.2, 0.25) is 5.91 Å². The van der Waals surface area contributed by atoms with E-state index in [1.165, 1.54) is 13.1 Å². The van der Waals surface area contributed by atoms with E-state index in [0.717, 1.165) is 0 Å². The lowest BCUT2D eigenvalue weighted by Crippen LogP contribution is -2.20. The van der Waals surface area contributed by atoms with Gasteiger partial charge in [-0.25, -0.2) is 4.98 Å². The largest absolute Gasteiger partial charge is 0.311 e. The van der Waals surface area contributed by atoms with Gasteiger partial charge in [0, 0.05) is 24.1 Å². The van der Waals surface area contributed by atoms with Crippen LogP contribution in [0.2, 0.25) is 0 Å². The molecule has 1 heterocycles. The van der Waals surface area contributed by atoms with E-state index in [2.05, 4.69) is 10.3 Å². The molecular weight excluding hydrogens is 204 g/mol. The molecule has 0 fully saturated rings. The zero-order valence-corrected chi connectivity index (χ0v) is 10.00. The molecule has 1 aromatic heterocycles. The average Bonchev–Trinajstić information content (AvgIpc) is 2.14. The first-order chi connectivity index (χ1) is 7.30. The van der Waals surface area contributed by atoms with E-state index >= 15 is 0 Å². The molecule has 4 heteroatoms. The van der Waals surface area contributed by atoms with Crippen molar-refractivity contribution in [3.63, 3.8) is 0 Å². The van der Waals surface area contributed by atoms with Crippen molar-refractivity contribution in [2.24, 2.45) is 5.41 Å². The first kappa shape index (κ1) is 12.4. The molecule has 0 spiro atoms. The molecule has 1 amide bonds. The highest BCUT2D eigenvalue weighted by atomic mass is 16.1. The fourth-order valence-corrected chi connectivity index (χ4v) is 1.25. The van der Waals surface area contributed by atoms with Crippen molar-refractivity contribution in [1.82, 2.24) is 4.98 Å². The Morgan fingerprint density at radius 2 is 1.94 bits per heavy atom. The van der Waals surface area contributed by atoms with Crippen LogP contribution in [0.4, 0.5) is 5.82 Å². The summed E-state index contributed by atoms with van der Waals surface area (Å²) in [4.78, 5) is 26.8. The highest BCUT2D eigenvalue weighted by Crippen LogP contribution is 2.21. The normalized spacial score (nSPS) is 11.0. The zero-order chi connectivity index (χ0) is 12.3. The maximum Gasteiger partial charge on any atom is 0.222 e. The van der Waals surface area contributed by atoms with Gasteiger partial charge < -0.3 is 5.32 Å². The van der Waals surface area contributed by atoms with Gasteiger partial charge in [0.25, 0.3) is 0 Å². The fourth-order valence-electron chi connectivity index (χ4n) is 1.25. The molecule has 16 heavy (non-hydrogen) atoms. The standard InChI is InChI=1S/C12H16N2O2/c1-8(15)14-10-7-9(5-6-13-10)11(16)12(2,3)4/h5-7H,1-4H3,(H,13,14,15). The van der Waals surface area contributed by atoms with Crippen LogP contribution in [-0.2, 0) is 4.79 Å². The summed E-state index contributed by atoms with van der Waals surface area (Å²) in [6.07, 6.45) is 1.52. The fraction of sp³-hybridized carbons (Fsp3) is 0.417. The van der Waals surface area contributed by atoms with Crippen molar-refractivity contribution in [1.29, 1.82) is 0 Å². The average molecular weight is 220 g/mol. The number of rotatable bonds is 2. The van der Waals surface area contributed by atoms with Crippen LogP contribution in [0.15, 0.2) is 18.3 Å². The van der Waals surface area contributed by atoms with Crippen LogP contribution in [0.3, 0.4) is 0 Å². The molecule has 1 aromatic rings. The third-order valence-electron chi connectivity index (χ3n) is 2.01. The molecule has 0 aliphatic heterocycles. The molecule has 0 atom stereocenters. The van der Waals surface area contributed by atoms with Crippen LogP contribution in [0.1, 0.15) is 38.1 Å². The Balaban J connectivity index is 2.99. The van der Waals surface area contributed by atoms with Gasteiger partial charge >= 0.3 is 0 Å². The van der Waals surface area contributed by atoms with Crippen LogP contribution in [-0.4, -0.2) is 16.7 Å². The zero-order valence-electron chi connectivity index (χ0n) is 10.00. The second-order valence-corrected chi connectivity index (χ2v) is 4.69. The smallest absolute Gasteiger partial charge is 0.222 e. The number of nitrogens with one attached hydrogen (secondary N) is 1. The lowest BCUT2D eigenvalue weighted by molar-refractivity contribution is -0.114. The minimum absolute atomic E-state index is 0.0292. The van der Waals surface area contributed by atoms with E-state index < -0.39 is 5.41 Å². The summed E-state index contributed by atoms with van der Waals surface area (Å²) in [6.45, 7) is 6.97. The third kappa shape index (κ3) is 3.15. The molecule has 0 saturated carbocycles. The van der Waals surface area contributed by atoms with E-state index in [9.17, 15) is 9.59 Å². The Morgan fingerprint density at radius 1 is 1.31 bits per heavy atom. The molecule has 0 saturated heterocycles. The van der Waals surface area contributed by atoms with Gasteiger partial charge in [0.05, 0.1) is 0 Å². The lowest BCUT2D eigenvalue weighted by Gasteiger charge is -2.16. The molecular formula is C12H16N2O2. The number of nitrogens with zero attached hydrogens (tertiary/aromatic N) is 1. The Bertz CT molecular complexity index is 419. The van der Waals surface area contributed by atoms with Gasteiger partial charge in [-0.1, -0.05) is 20.8 Å². The summed E-state index contributed by atoms with van der Waals surface area (Å²) in [5.41, 5.74) is 0.126. The van der Waals surface area contributed by atoms with Gasteiger partial charge in [0.1, 0.15) is 5.82 Å². The van der Waals surface area contributed by atoms with Crippen molar-refractivity contribution < 1.29 is 9.59 Å². The van der Waals surface area contributed by atoms with E-state index in [1.54, 1.807) is 12.1 Å². The van der Waals surface area contributed by atoms with Crippen molar-refractivity contribution >= 4 is 17.5 Å². The molecule has 0 unspecified atom stereocenters. The molecule has 0 radical (unpaired) electrons. The van der Waals surface area contributed by atoms with Gasteiger partial charge in [-0.05, 0) is 12.1 Å². The van der Waals surface area contributed by atoms with Crippen molar-refractivity contribution in [2.75, 3.05) is 5.32 Å². The number of amides is 1. The Kier molecular flexibility index (Phi) is 3.42. The number of pyridine rings is 1. The van der Waals surface area contributed by atoms with Crippen LogP contribution >= 0.6 is 0 Å². The summed E-state index contributed by atoms with van der Waals surface area (Å²) >= 11 is 0. The molecule has 0 aliphatic rings. The van der Waals surface area contributed by atoms with Crippen LogP contribution in [0, 0.1) is 5.41 Å². The number of carbonyl (C=O) groups excluding carboxylic acids is 2. The number of Topliss-reactive ketones (excluding diaryl/α,β-unsaturated/α-hetero) is 1. The highest BCUT2D eigenvalue weighted by molar-refractivity contribution is 6.00. The molecule has 1 N–H and O–H groups in total. The van der Waals surface area contributed by atoms with Crippen LogP contribution < -0.4 is 5.32 Å². The van der Waals surface area contributed by atoms with Gasteiger partial charge in [0.15, 0.2) is 5.78 Å². The molecule has 0 aliphatic carbocycles. The molecule has 86 valence electrons. The number of carbonyl (C=O) groups is 2. The third-order valence-corrected chi connectivity index (χ3v) is 2.01. The Morgan fingerprint density at radius 3 is 2.44 bits per heavy atom. The van der Waals surface area contributed by atoms with Gasteiger partial charge in [-0.3, -0.25) is 9.59 Å². The first-order valence-electron chi connectivity index (χ1n) is 5.09. The van der Waals surface area contributed by atoms with Gasteiger partial charge in [-0.2, -0.15) is 0 Å². The second kappa shape index (κ2) is 4.43. The number of hydrogen-bond donors (Lipinski definition) is 1. The second-order valence-electron chi connectivity index (χ2n) is 4.69. The topological polar surface area (TPSA) is 59.1 Å². The SMILES string of the molecule is CC(=O)Nc1cc(C(=O)C(C)(C)C)ccn1. The van der Waals surface area contributed by atoms with E-state index in [-0.39, 0.29) is 11.7 Å². The summed E-state index contributed by atoms with van der Waals surface area (Å²) in [6, 6.07) is 3.24. The quantitative estimate of drug-likeness (QED) is 0.778. The number of hydrogen-bond acceptors (Lipinski definition) is 3. The molecule has 0 aromatic carbocycles. The summed E-state index contributed by atoms with van der Waals surface area (Å²) in [5.74, 6) is 0.233. The number of aromatic nitrogens is 1. The van der Waals surface area contributed by atoms with Crippen molar-refractivity contribution in [3.05, 3.63) is 23.9 Å². The molecule has 1 rings (SSSR count). The lowest BCUT2D eigenvalue weighted by atomic mass is 9.87. The Labute approximate surface area is 95.1 Å². The summed E-state index contributed by atoms with van der Waals surface area (Å²) in [7, 11) is 0. The highest BCUT2D eigenvalue weighted by Gasteiger charge is 2.23. The van der Waals surface area contributed by atoms with Crippen LogP contribution in [0.5, 0.6) is 0 Å². The monoisotopic (exact) mass is 220 g/mol. The van der Waals surface area contributed by atoms with E-state index in [0.29, 0.717) is 11.4 Å². The van der Waals surface area contributed by atoms with E-state index in [1.807, 2.05) is 20.8 Å². The maximum atomic E-state index is 12.0. The predicted octanol–water partition coefficient (Wildman–Crippen LogP) is 2.27. The number of ketones is 1. The van der Waals surface area contributed by atoms with Crippen LogP contribution in [0.25, 0.3) is 0 Å². The van der Waals surface area contributed by atoms with Crippen molar-refractivity contribution in [3.8, 4) is 0 Å². The van der Waals surface area contributed by atoms with E-state index in [4.69, 9.17) is 0 Å². The summed E-state index contributed by atoms with van der Waals surface area (Å²) in [5, 5.41) is 2.55. The maximum absolute atomic E-state index is 12.0. The minimum Gasteiger partial charge on any atom is -0.311 e. The van der Waals surface area contributed by atoms with Crippen molar-refractivity contribution in [2.45, 2.75) is 27.7 Å². The first-order valence-corrected chi connectivity index (χ1v) is 5.09.